The van der Waals surface area contributed by atoms with E-state index in [9.17, 15) is 0 Å². The van der Waals surface area contributed by atoms with Crippen molar-refractivity contribution in [3.05, 3.63) is 0 Å². The molecule has 0 fully saturated rings. The molecule has 0 saturated carbocycles. The van der Waals surface area contributed by atoms with E-state index in [0.29, 0.717) is 13.2 Å². The van der Waals surface area contributed by atoms with Crippen LogP contribution in [0.3, 0.4) is 0 Å². The first-order valence-electron chi connectivity index (χ1n) is 4.79. The van der Waals surface area contributed by atoms with Crippen LogP contribution in [0.5, 0.6) is 0 Å². The zero-order valence-corrected chi connectivity index (χ0v) is 10.1. The van der Waals surface area contributed by atoms with Crippen LogP contribution in [-0.2, 0) is 8.85 Å². The van der Waals surface area contributed by atoms with Crippen molar-refractivity contribution in [3.8, 4) is 6.07 Å². The van der Waals surface area contributed by atoms with E-state index in [1.165, 1.54) is 0 Å². The quantitative estimate of drug-likeness (QED) is 0.617. The van der Waals surface area contributed by atoms with Gasteiger partial charge in [0.2, 0.25) is 0 Å². The lowest BCUT2D eigenvalue weighted by Crippen LogP contribution is -2.35. The average Bonchev–Trinajstić information content (AvgIpc) is 2.16. The summed E-state index contributed by atoms with van der Waals surface area (Å²) in [4.78, 5) is 0. The molecule has 0 heterocycles. The monoisotopic (exact) mass is 201 g/mol. The van der Waals surface area contributed by atoms with Crippen molar-refractivity contribution in [1.82, 2.24) is 0 Å². The molecular weight excluding hydrogens is 182 g/mol. The maximum absolute atomic E-state index is 9.03. The van der Waals surface area contributed by atoms with Gasteiger partial charge in [0.25, 0.3) is 0 Å². The maximum Gasteiger partial charge on any atom is 0.342 e. The Morgan fingerprint density at radius 3 is 1.92 bits per heavy atom. The molecule has 0 aromatic rings. The molecule has 13 heavy (non-hydrogen) atoms. The number of hydrogen-bond donors (Lipinski definition) is 0. The fourth-order valence-corrected chi connectivity index (χ4v) is 2.89. The van der Waals surface area contributed by atoms with E-state index >= 15 is 0 Å². The van der Waals surface area contributed by atoms with E-state index < -0.39 is 14.3 Å². The van der Waals surface area contributed by atoms with E-state index in [2.05, 4.69) is 6.07 Å². The first-order chi connectivity index (χ1) is 6.14. The third kappa shape index (κ3) is 3.47. The molecule has 0 rings (SSSR count). The zero-order chi connectivity index (χ0) is 10.3. The summed E-state index contributed by atoms with van der Waals surface area (Å²) in [6.45, 7) is 9.07. The van der Waals surface area contributed by atoms with Crippen molar-refractivity contribution >= 4 is 9.28 Å². The van der Waals surface area contributed by atoms with Gasteiger partial charge in [-0.2, -0.15) is 5.26 Å². The Bertz CT molecular complexity index is 175. The lowest BCUT2D eigenvalue weighted by Gasteiger charge is -2.27. The first-order valence-corrected chi connectivity index (χ1v) is 6.31. The molecule has 0 spiro atoms. The molecule has 0 aliphatic rings. The van der Waals surface area contributed by atoms with Crippen LogP contribution in [0.15, 0.2) is 0 Å². The smallest absolute Gasteiger partial charge is 0.342 e. The molecule has 0 radical (unpaired) electrons. The number of nitriles is 1. The van der Waals surface area contributed by atoms with Gasteiger partial charge in [0, 0.05) is 13.2 Å². The summed E-state index contributed by atoms with van der Waals surface area (Å²) >= 11 is 0. The van der Waals surface area contributed by atoms with Gasteiger partial charge in [-0.05, 0) is 27.2 Å². The van der Waals surface area contributed by atoms with E-state index in [-0.39, 0.29) is 0 Å². The van der Waals surface area contributed by atoms with Gasteiger partial charge in [-0.25, -0.2) is 0 Å². The second-order valence-corrected chi connectivity index (χ2v) is 5.73. The third-order valence-corrected chi connectivity index (χ3v) is 5.00. The summed E-state index contributed by atoms with van der Waals surface area (Å²) < 4.78 is 11.0. The Morgan fingerprint density at radius 1 is 1.23 bits per heavy atom. The molecule has 0 saturated heterocycles. The fraction of sp³-hybridized carbons (Fsp3) is 0.889. The van der Waals surface area contributed by atoms with Crippen molar-refractivity contribution in [3.63, 3.8) is 0 Å². The lowest BCUT2D eigenvalue weighted by atomic mass is 10.1. The van der Waals surface area contributed by atoms with E-state index in [4.69, 9.17) is 14.1 Å². The topological polar surface area (TPSA) is 42.2 Å². The Balaban J connectivity index is 4.40. The van der Waals surface area contributed by atoms with E-state index in [1.807, 2.05) is 27.7 Å². The molecule has 0 N–H and O–H groups in total. The molecule has 1 atom stereocenters. The molecule has 1 unspecified atom stereocenters. The van der Waals surface area contributed by atoms with Crippen LogP contribution in [0, 0.1) is 11.3 Å². The van der Waals surface area contributed by atoms with Crippen LogP contribution < -0.4 is 0 Å². The minimum atomic E-state index is -1.82. The second kappa shape index (κ2) is 6.14. The highest BCUT2D eigenvalue weighted by Gasteiger charge is 2.37. The fourth-order valence-electron chi connectivity index (χ4n) is 1.02. The number of hydrogen-bond acceptors (Lipinski definition) is 3. The van der Waals surface area contributed by atoms with Crippen molar-refractivity contribution in [2.24, 2.45) is 0 Å². The van der Waals surface area contributed by atoms with Crippen molar-refractivity contribution < 1.29 is 8.85 Å². The summed E-state index contributed by atoms with van der Waals surface area (Å²) in [6.07, 6.45) is 0.792. The van der Waals surface area contributed by atoms with Crippen molar-refractivity contribution in [2.75, 3.05) is 13.2 Å². The SMILES string of the molecule is CCO[SiH](OCC)C(C)(C#N)CC. The molecule has 0 bridgehead atoms. The first kappa shape index (κ1) is 12.6. The van der Waals surface area contributed by atoms with Gasteiger partial charge in [0.1, 0.15) is 0 Å². The summed E-state index contributed by atoms with van der Waals surface area (Å²) in [5, 5.41) is 8.64. The maximum atomic E-state index is 9.03. The van der Waals surface area contributed by atoms with Crippen molar-refractivity contribution in [1.29, 1.82) is 5.26 Å². The normalized spacial score (nSPS) is 15.4. The van der Waals surface area contributed by atoms with Crippen LogP contribution in [-0.4, -0.2) is 22.5 Å². The Labute approximate surface area is 82.5 Å². The molecule has 76 valence electrons. The van der Waals surface area contributed by atoms with Gasteiger partial charge in [-0.15, -0.1) is 0 Å². The molecule has 4 heteroatoms. The molecule has 0 aromatic heterocycles. The van der Waals surface area contributed by atoms with Gasteiger partial charge in [0.05, 0.1) is 11.1 Å². The molecular formula is C9H19NO2Si. The highest BCUT2D eigenvalue weighted by Crippen LogP contribution is 2.33. The highest BCUT2D eigenvalue weighted by atomic mass is 28.3. The van der Waals surface area contributed by atoms with Gasteiger partial charge in [0.15, 0.2) is 0 Å². The van der Waals surface area contributed by atoms with Crippen LogP contribution in [0.4, 0.5) is 0 Å². The van der Waals surface area contributed by atoms with Crippen LogP contribution in [0.2, 0.25) is 5.04 Å². The predicted molar refractivity (Wildman–Crippen MR) is 54.7 cm³/mol. The van der Waals surface area contributed by atoms with Crippen molar-refractivity contribution in [2.45, 2.75) is 39.2 Å². The zero-order valence-electron chi connectivity index (χ0n) is 8.96. The second-order valence-electron chi connectivity index (χ2n) is 3.13. The summed E-state index contributed by atoms with van der Waals surface area (Å²) in [5.41, 5.74) is 0. The standard InChI is InChI=1S/C9H19NO2Si/c1-5-9(4,8-10)13(11-6-2)12-7-3/h13H,5-7H2,1-4H3. The third-order valence-electron chi connectivity index (χ3n) is 2.15. The molecule has 3 nitrogen and oxygen atoms in total. The van der Waals surface area contributed by atoms with Gasteiger partial charge in [-0.3, -0.25) is 0 Å². The molecule has 0 amide bonds. The Morgan fingerprint density at radius 2 is 1.69 bits per heavy atom. The molecule has 0 aliphatic heterocycles. The van der Waals surface area contributed by atoms with E-state index in [1.54, 1.807) is 0 Å². The van der Waals surface area contributed by atoms with Gasteiger partial charge < -0.3 is 8.85 Å². The predicted octanol–water partition coefficient (Wildman–Crippen LogP) is 1.97. The minimum Gasteiger partial charge on any atom is -0.396 e. The number of rotatable bonds is 6. The summed E-state index contributed by atoms with van der Waals surface area (Å²) in [7, 11) is -1.82. The van der Waals surface area contributed by atoms with E-state index in [0.717, 1.165) is 6.42 Å². The largest absolute Gasteiger partial charge is 0.396 e. The van der Waals surface area contributed by atoms with Gasteiger partial charge >= 0.3 is 9.28 Å². The van der Waals surface area contributed by atoms with Crippen LogP contribution in [0.1, 0.15) is 34.1 Å². The molecule has 0 aliphatic carbocycles. The Kier molecular flexibility index (Phi) is 5.96. The average molecular weight is 201 g/mol. The summed E-state index contributed by atoms with van der Waals surface area (Å²) in [5.74, 6) is 0. The minimum absolute atomic E-state index is 0.397. The lowest BCUT2D eigenvalue weighted by molar-refractivity contribution is 0.195. The van der Waals surface area contributed by atoms with Gasteiger partial charge in [-0.1, -0.05) is 6.92 Å². The van der Waals surface area contributed by atoms with Crippen LogP contribution in [0.25, 0.3) is 0 Å². The summed E-state index contributed by atoms with van der Waals surface area (Å²) in [6, 6.07) is 2.31. The Hall–Kier alpha value is -0.373. The number of nitrogens with zero attached hydrogens (tertiary/aromatic N) is 1. The highest BCUT2D eigenvalue weighted by molar-refractivity contribution is 6.49. The van der Waals surface area contributed by atoms with Crippen LogP contribution >= 0.6 is 0 Å². The molecule has 0 aromatic carbocycles.